The van der Waals surface area contributed by atoms with E-state index in [0.717, 1.165) is 16.9 Å². The zero-order chi connectivity index (χ0) is 13.0. The lowest BCUT2D eigenvalue weighted by Crippen LogP contribution is -1.95. The van der Waals surface area contributed by atoms with Crippen LogP contribution in [0.5, 0.6) is 5.75 Å². The van der Waals surface area contributed by atoms with Gasteiger partial charge in [0, 0.05) is 5.02 Å². The monoisotopic (exact) mass is 280 g/mol. The van der Waals surface area contributed by atoms with Crippen molar-refractivity contribution in [1.29, 1.82) is 0 Å². The maximum absolute atomic E-state index is 6.43. The van der Waals surface area contributed by atoms with Crippen molar-refractivity contribution in [2.45, 2.75) is 12.3 Å². The van der Waals surface area contributed by atoms with Gasteiger partial charge in [0.05, 0.1) is 12.0 Å². The van der Waals surface area contributed by atoms with Crippen molar-refractivity contribution >= 4 is 23.2 Å². The third kappa shape index (κ3) is 3.18. The van der Waals surface area contributed by atoms with Gasteiger partial charge in [0.15, 0.2) is 0 Å². The van der Waals surface area contributed by atoms with E-state index in [1.165, 1.54) is 0 Å². The highest BCUT2D eigenvalue weighted by Crippen LogP contribution is 2.30. The van der Waals surface area contributed by atoms with Crippen LogP contribution in [0.25, 0.3) is 0 Å². The molecular weight excluding hydrogens is 267 g/mol. The highest BCUT2D eigenvalue weighted by Gasteiger charge is 2.10. The normalized spacial score (nSPS) is 12.2. The number of rotatable bonds is 4. The zero-order valence-corrected chi connectivity index (χ0v) is 11.6. The van der Waals surface area contributed by atoms with Crippen molar-refractivity contribution in [3.63, 3.8) is 0 Å². The first-order chi connectivity index (χ1) is 8.70. The molecule has 0 N–H and O–H groups in total. The summed E-state index contributed by atoms with van der Waals surface area (Å²) in [6, 6.07) is 15.4. The highest BCUT2D eigenvalue weighted by atomic mass is 35.5. The first-order valence-electron chi connectivity index (χ1n) is 5.83. The quantitative estimate of drug-likeness (QED) is 0.711. The lowest BCUT2D eigenvalue weighted by molar-refractivity contribution is 0.340. The summed E-state index contributed by atoms with van der Waals surface area (Å²) >= 11 is 12.3. The van der Waals surface area contributed by atoms with Gasteiger partial charge in [-0.2, -0.15) is 0 Å². The molecule has 0 aliphatic carbocycles. The van der Waals surface area contributed by atoms with Gasteiger partial charge in [-0.3, -0.25) is 0 Å². The first kappa shape index (κ1) is 13.3. The summed E-state index contributed by atoms with van der Waals surface area (Å²) < 4.78 is 5.40. The van der Waals surface area contributed by atoms with Gasteiger partial charge in [-0.1, -0.05) is 35.9 Å². The Labute approximate surface area is 117 Å². The molecule has 0 fully saturated rings. The fourth-order valence-electron chi connectivity index (χ4n) is 1.72. The van der Waals surface area contributed by atoms with Crippen LogP contribution in [0.3, 0.4) is 0 Å². The first-order valence-corrected chi connectivity index (χ1v) is 6.64. The molecule has 0 aromatic heterocycles. The van der Waals surface area contributed by atoms with Crippen LogP contribution in [0.15, 0.2) is 48.5 Å². The zero-order valence-electron chi connectivity index (χ0n) is 10.1. The smallest absolute Gasteiger partial charge is 0.119 e. The van der Waals surface area contributed by atoms with E-state index in [-0.39, 0.29) is 5.38 Å². The molecule has 0 radical (unpaired) electrons. The Morgan fingerprint density at radius 2 is 1.44 bits per heavy atom. The van der Waals surface area contributed by atoms with Crippen molar-refractivity contribution in [2.24, 2.45) is 0 Å². The molecule has 0 bridgehead atoms. The van der Waals surface area contributed by atoms with E-state index < -0.39 is 0 Å². The topological polar surface area (TPSA) is 9.23 Å². The molecule has 1 unspecified atom stereocenters. The molecule has 2 rings (SSSR count). The Morgan fingerprint density at radius 1 is 0.944 bits per heavy atom. The summed E-state index contributed by atoms with van der Waals surface area (Å²) in [6.07, 6.45) is 0. The lowest BCUT2D eigenvalue weighted by atomic mass is 10.0. The number of halogens is 2. The molecule has 0 aliphatic rings. The second-order valence-electron chi connectivity index (χ2n) is 3.92. The number of ether oxygens (including phenoxy) is 1. The SMILES string of the molecule is CCOc1ccc(C(Cl)c2ccc(Cl)cc2)cc1. The molecule has 0 saturated heterocycles. The molecule has 0 spiro atoms. The standard InChI is InChI=1S/C15H14Cl2O/c1-2-18-14-9-5-12(6-10-14)15(17)11-3-7-13(16)8-4-11/h3-10,15H,2H2,1H3. The molecule has 0 heterocycles. The molecule has 2 aromatic carbocycles. The second-order valence-corrected chi connectivity index (χ2v) is 4.79. The van der Waals surface area contributed by atoms with Crippen LogP contribution >= 0.6 is 23.2 Å². The summed E-state index contributed by atoms with van der Waals surface area (Å²) in [5.74, 6) is 0.862. The number of hydrogen-bond acceptors (Lipinski definition) is 1. The van der Waals surface area contributed by atoms with E-state index in [2.05, 4.69) is 0 Å². The maximum Gasteiger partial charge on any atom is 0.119 e. The Hall–Kier alpha value is -1.18. The van der Waals surface area contributed by atoms with Gasteiger partial charge in [-0.05, 0) is 42.3 Å². The van der Waals surface area contributed by atoms with Crippen molar-refractivity contribution in [3.8, 4) is 5.75 Å². The van der Waals surface area contributed by atoms with Gasteiger partial charge in [0.1, 0.15) is 5.75 Å². The number of benzene rings is 2. The average molecular weight is 281 g/mol. The Bertz CT molecular complexity index is 491. The summed E-state index contributed by atoms with van der Waals surface area (Å²) in [4.78, 5) is 0. The summed E-state index contributed by atoms with van der Waals surface area (Å²) in [5.41, 5.74) is 2.08. The van der Waals surface area contributed by atoms with Crippen LogP contribution in [0, 0.1) is 0 Å². The summed E-state index contributed by atoms with van der Waals surface area (Å²) in [7, 11) is 0. The third-order valence-electron chi connectivity index (χ3n) is 2.65. The third-order valence-corrected chi connectivity index (χ3v) is 3.40. The molecule has 0 saturated carbocycles. The minimum Gasteiger partial charge on any atom is -0.494 e. The molecule has 1 nitrogen and oxygen atoms in total. The minimum absolute atomic E-state index is 0.169. The van der Waals surface area contributed by atoms with Gasteiger partial charge in [-0.25, -0.2) is 0 Å². The van der Waals surface area contributed by atoms with E-state index in [9.17, 15) is 0 Å². The lowest BCUT2D eigenvalue weighted by Gasteiger charge is -2.11. The molecule has 18 heavy (non-hydrogen) atoms. The Morgan fingerprint density at radius 3 is 1.94 bits per heavy atom. The average Bonchev–Trinajstić information content (AvgIpc) is 2.40. The summed E-state index contributed by atoms with van der Waals surface area (Å²) in [5, 5.41) is 0.548. The van der Waals surface area contributed by atoms with E-state index in [1.54, 1.807) is 0 Å². The van der Waals surface area contributed by atoms with E-state index in [0.29, 0.717) is 11.6 Å². The minimum atomic E-state index is -0.169. The van der Waals surface area contributed by atoms with E-state index in [1.807, 2.05) is 55.5 Å². The van der Waals surface area contributed by atoms with Gasteiger partial charge in [0.25, 0.3) is 0 Å². The Kier molecular flexibility index (Phi) is 4.51. The van der Waals surface area contributed by atoms with Crippen LogP contribution in [0.1, 0.15) is 23.4 Å². The van der Waals surface area contributed by atoms with Crippen molar-refractivity contribution < 1.29 is 4.74 Å². The summed E-state index contributed by atoms with van der Waals surface area (Å²) in [6.45, 7) is 2.63. The molecule has 0 aliphatic heterocycles. The predicted molar refractivity (Wildman–Crippen MR) is 76.8 cm³/mol. The highest BCUT2D eigenvalue weighted by molar-refractivity contribution is 6.30. The van der Waals surface area contributed by atoms with Crippen LogP contribution in [-0.4, -0.2) is 6.61 Å². The molecule has 3 heteroatoms. The number of hydrogen-bond donors (Lipinski definition) is 0. The molecule has 2 aromatic rings. The van der Waals surface area contributed by atoms with Crippen molar-refractivity contribution in [3.05, 3.63) is 64.7 Å². The van der Waals surface area contributed by atoms with Gasteiger partial charge in [-0.15, -0.1) is 11.6 Å². The fourth-order valence-corrected chi connectivity index (χ4v) is 2.14. The second kappa shape index (κ2) is 6.12. The van der Waals surface area contributed by atoms with Gasteiger partial charge in [0.2, 0.25) is 0 Å². The van der Waals surface area contributed by atoms with E-state index >= 15 is 0 Å². The number of alkyl halides is 1. The largest absolute Gasteiger partial charge is 0.494 e. The van der Waals surface area contributed by atoms with Crippen LogP contribution in [-0.2, 0) is 0 Å². The van der Waals surface area contributed by atoms with Crippen LogP contribution in [0.2, 0.25) is 5.02 Å². The molecule has 1 atom stereocenters. The van der Waals surface area contributed by atoms with Crippen LogP contribution in [0.4, 0.5) is 0 Å². The Balaban J connectivity index is 2.17. The van der Waals surface area contributed by atoms with Crippen molar-refractivity contribution in [2.75, 3.05) is 6.61 Å². The van der Waals surface area contributed by atoms with Gasteiger partial charge < -0.3 is 4.74 Å². The van der Waals surface area contributed by atoms with E-state index in [4.69, 9.17) is 27.9 Å². The predicted octanol–water partition coefficient (Wildman–Crippen LogP) is 5.07. The maximum atomic E-state index is 6.43. The molecule has 0 amide bonds. The molecular formula is C15H14Cl2O. The van der Waals surface area contributed by atoms with Gasteiger partial charge >= 0.3 is 0 Å². The fraction of sp³-hybridized carbons (Fsp3) is 0.200. The van der Waals surface area contributed by atoms with Crippen molar-refractivity contribution in [1.82, 2.24) is 0 Å². The van der Waals surface area contributed by atoms with Crippen LogP contribution < -0.4 is 4.74 Å². The molecule has 94 valence electrons.